The third-order valence-corrected chi connectivity index (χ3v) is 5.29. The Balaban J connectivity index is 1.76. The van der Waals surface area contributed by atoms with Gasteiger partial charge in [-0.25, -0.2) is 0 Å². The van der Waals surface area contributed by atoms with E-state index in [2.05, 4.69) is 15.1 Å². The van der Waals surface area contributed by atoms with E-state index in [4.69, 9.17) is 4.74 Å². The van der Waals surface area contributed by atoms with E-state index in [1.807, 2.05) is 49.9 Å². The molecule has 0 aromatic heterocycles. The Hall–Kier alpha value is -2.12. The number of amides is 2. The molecule has 2 amide bonds. The zero-order valence-corrected chi connectivity index (χ0v) is 17.6. The number of likely N-dealkylation sites (N-methyl/N-ethyl adjacent to an activating group) is 1. The van der Waals surface area contributed by atoms with E-state index in [0.717, 1.165) is 50.6 Å². The first kappa shape index (κ1) is 22.2. The van der Waals surface area contributed by atoms with E-state index < -0.39 is 0 Å². The fourth-order valence-electron chi connectivity index (χ4n) is 3.57. The number of hydrogen-bond acceptors (Lipinski definition) is 5. The molecule has 1 atom stereocenters. The fraction of sp³-hybridized carbons (Fsp3) is 0.619. The highest BCUT2D eigenvalue weighted by Gasteiger charge is 2.23. The molecule has 1 unspecified atom stereocenters. The highest BCUT2D eigenvalue weighted by atomic mass is 16.5. The summed E-state index contributed by atoms with van der Waals surface area (Å²) in [5.41, 5.74) is 0.970. The molecule has 1 aliphatic heterocycles. The maximum Gasteiger partial charge on any atom is 0.236 e. The molecule has 2 rings (SSSR count). The summed E-state index contributed by atoms with van der Waals surface area (Å²) in [7, 11) is 1.64. The van der Waals surface area contributed by atoms with Crippen LogP contribution in [0.4, 0.5) is 0 Å². The van der Waals surface area contributed by atoms with Crippen LogP contribution >= 0.6 is 0 Å². The lowest BCUT2D eigenvalue weighted by Crippen LogP contribution is -2.52. The zero-order valence-electron chi connectivity index (χ0n) is 17.6. The second kappa shape index (κ2) is 11.0. The van der Waals surface area contributed by atoms with Gasteiger partial charge in [-0.1, -0.05) is 18.2 Å². The summed E-state index contributed by atoms with van der Waals surface area (Å²) in [6.45, 7) is 11.5. The maximum absolute atomic E-state index is 12.5. The van der Waals surface area contributed by atoms with Crippen molar-refractivity contribution < 1.29 is 14.3 Å². The van der Waals surface area contributed by atoms with Crippen LogP contribution in [0.2, 0.25) is 0 Å². The molecule has 0 spiro atoms. The molecule has 7 nitrogen and oxygen atoms in total. The third kappa shape index (κ3) is 6.21. The van der Waals surface area contributed by atoms with E-state index in [1.165, 1.54) is 0 Å². The van der Waals surface area contributed by atoms with Gasteiger partial charge in [0, 0.05) is 44.8 Å². The first-order chi connectivity index (χ1) is 13.5. The van der Waals surface area contributed by atoms with Crippen LogP contribution in [0.15, 0.2) is 24.3 Å². The first-order valence-corrected chi connectivity index (χ1v) is 10.1. The number of nitrogens with zero attached hydrogens (tertiary/aromatic N) is 3. The van der Waals surface area contributed by atoms with E-state index in [1.54, 1.807) is 7.11 Å². The van der Waals surface area contributed by atoms with Crippen molar-refractivity contribution in [3.05, 3.63) is 29.8 Å². The Morgan fingerprint density at radius 1 is 1.07 bits per heavy atom. The Labute approximate surface area is 168 Å². The Bertz CT molecular complexity index is 640. The average Bonchev–Trinajstić information content (AvgIpc) is 2.70. The molecule has 0 saturated carbocycles. The van der Waals surface area contributed by atoms with Gasteiger partial charge in [-0.3, -0.25) is 19.4 Å². The van der Waals surface area contributed by atoms with Gasteiger partial charge < -0.3 is 15.0 Å². The predicted molar refractivity (Wildman–Crippen MR) is 110 cm³/mol. The Morgan fingerprint density at radius 3 is 2.21 bits per heavy atom. The number of carbonyl (C=O) groups excluding carboxylic acids is 2. The van der Waals surface area contributed by atoms with Crippen LogP contribution in [0.5, 0.6) is 5.75 Å². The second-order valence-electron chi connectivity index (χ2n) is 7.15. The van der Waals surface area contributed by atoms with Gasteiger partial charge in [0.2, 0.25) is 11.8 Å². The van der Waals surface area contributed by atoms with Crippen molar-refractivity contribution in [2.45, 2.75) is 26.8 Å². The molecule has 1 N–H and O–H groups in total. The summed E-state index contributed by atoms with van der Waals surface area (Å²) in [5, 5.41) is 3.06. The fourth-order valence-corrected chi connectivity index (χ4v) is 3.57. The number of piperazine rings is 1. The van der Waals surface area contributed by atoms with Crippen LogP contribution < -0.4 is 10.1 Å². The molecule has 1 aliphatic rings. The van der Waals surface area contributed by atoms with E-state index in [9.17, 15) is 9.59 Å². The van der Waals surface area contributed by atoms with Crippen LogP contribution in [0.3, 0.4) is 0 Å². The smallest absolute Gasteiger partial charge is 0.236 e. The number of benzene rings is 1. The van der Waals surface area contributed by atoms with E-state index in [-0.39, 0.29) is 17.9 Å². The summed E-state index contributed by atoms with van der Waals surface area (Å²) in [6.07, 6.45) is 0. The highest BCUT2D eigenvalue weighted by molar-refractivity contribution is 5.79. The van der Waals surface area contributed by atoms with Crippen molar-refractivity contribution >= 4 is 11.8 Å². The van der Waals surface area contributed by atoms with Crippen LogP contribution in [0.1, 0.15) is 32.4 Å². The van der Waals surface area contributed by atoms with Crippen LogP contribution in [0.25, 0.3) is 0 Å². The van der Waals surface area contributed by atoms with Crippen molar-refractivity contribution in [2.75, 3.05) is 59.5 Å². The maximum atomic E-state index is 12.5. The van der Waals surface area contributed by atoms with Gasteiger partial charge in [-0.05, 0) is 26.8 Å². The lowest BCUT2D eigenvalue weighted by molar-refractivity contribution is -0.133. The topological polar surface area (TPSA) is 65.1 Å². The van der Waals surface area contributed by atoms with Crippen molar-refractivity contribution in [2.24, 2.45) is 0 Å². The van der Waals surface area contributed by atoms with Gasteiger partial charge in [-0.15, -0.1) is 0 Å². The monoisotopic (exact) mass is 390 g/mol. The number of ether oxygens (including phenoxy) is 1. The molecule has 28 heavy (non-hydrogen) atoms. The quantitative estimate of drug-likeness (QED) is 0.690. The molecule has 1 heterocycles. The summed E-state index contributed by atoms with van der Waals surface area (Å²) in [4.78, 5) is 30.9. The molecular formula is C21H34N4O3. The van der Waals surface area contributed by atoms with Gasteiger partial charge in [0.1, 0.15) is 5.75 Å². The minimum atomic E-state index is -0.114. The second-order valence-corrected chi connectivity index (χ2v) is 7.15. The predicted octanol–water partition coefficient (Wildman–Crippen LogP) is 1.36. The molecule has 1 aromatic carbocycles. The Morgan fingerprint density at radius 2 is 1.64 bits per heavy atom. The summed E-state index contributed by atoms with van der Waals surface area (Å²) < 4.78 is 5.38. The molecule has 7 heteroatoms. The minimum Gasteiger partial charge on any atom is -0.496 e. The molecule has 0 radical (unpaired) electrons. The van der Waals surface area contributed by atoms with Gasteiger partial charge in [0.25, 0.3) is 0 Å². The van der Waals surface area contributed by atoms with E-state index in [0.29, 0.717) is 13.1 Å². The molecule has 1 aromatic rings. The van der Waals surface area contributed by atoms with Crippen LogP contribution in [-0.4, -0.2) is 86.0 Å². The third-order valence-electron chi connectivity index (χ3n) is 5.29. The van der Waals surface area contributed by atoms with Crippen molar-refractivity contribution in [1.82, 2.24) is 20.0 Å². The molecule has 0 aliphatic carbocycles. The normalized spacial score (nSPS) is 16.4. The number of para-hydroxylation sites is 1. The highest BCUT2D eigenvalue weighted by Crippen LogP contribution is 2.24. The van der Waals surface area contributed by atoms with Gasteiger partial charge in [0.15, 0.2) is 0 Å². The van der Waals surface area contributed by atoms with Crippen molar-refractivity contribution in [3.63, 3.8) is 0 Å². The van der Waals surface area contributed by atoms with Crippen molar-refractivity contribution in [3.8, 4) is 5.75 Å². The molecule has 0 bridgehead atoms. The number of rotatable bonds is 9. The minimum absolute atomic E-state index is 0.00562. The number of methoxy groups -OCH3 is 1. The average molecular weight is 391 g/mol. The van der Waals surface area contributed by atoms with Crippen LogP contribution in [0, 0.1) is 0 Å². The van der Waals surface area contributed by atoms with E-state index >= 15 is 0 Å². The Kier molecular flexibility index (Phi) is 8.73. The van der Waals surface area contributed by atoms with Gasteiger partial charge in [0.05, 0.1) is 26.2 Å². The summed E-state index contributed by atoms with van der Waals surface area (Å²) in [5.74, 6) is 0.967. The zero-order chi connectivity index (χ0) is 20.5. The number of hydrogen-bond donors (Lipinski definition) is 1. The molecule has 156 valence electrons. The summed E-state index contributed by atoms with van der Waals surface area (Å²) >= 11 is 0. The van der Waals surface area contributed by atoms with Crippen molar-refractivity contribution in [1.29, 1.82) is 0 Å². The molecule has 1 fully saturated rings. The largest absolute Gasteiger partial charge is 0.496 e. The lowest BCUT2D eigenvalue weighted by atomic mass is 10.1. The SMILES string of the molecule is CCN(CC)C(=O)CN1CCN(CC(=O)NC(C)c2ccccc2OC)CC1. The first-order valence-electron chi connectivity index (χ1n) is 10.1. The molecule has 1 saturated heterocycles. The van der Waals surface area contributed by atoms with Crippen LogP contribution in [-0.2, 0) is 9.59 Å². The number of carbonyl (C=O) groups is 2. The van der Waals surface area contributed by atoms with Gasteiger partial charge in [-0.2, -0.15) is 0 Å². The standard InChI is InChI=1S/C21H34N4O3/c1-5-25(6-2)21(27)16-24-13-11-23(12-14-24)15-20(26)22-17(3)18-9-7-8-10-19(18)28-4/h7-10,17H,5-6,11-16H2,1-4H3,(H,22,26). The summed E-state index contributed by atoms with van der Waals surface area (Å²) in [6, 6.07) is 7.61. The number of nitrogens with one attached hydrogen (secondary N) is 1. The lowest BCUT2D eigenvalue weighted by Gasteiger charge is -2.35. The van der Waals surface area contributed by atoms with Gasteiger partial charge >= 0.3 is 0 Å². The molecular weight excluding hydrogens is 356 g/mol.